The summed E-state index contributed by atoms with van der Waals surface area (Å²) in [6.07, 6.45) is -8.06. The summed E-state index contributed by atoms with van der Waals surface area (Å²) in [7, 11) is 2.65. The summed E-state index contributed by atoms with van der Waals surface area (Å²) in [6, 6.07) is 12.7. The number of carboxylic acid groups (broad SMARTS) is 1. The van der Waals surface area contributed by atoms with Crippen molar-refractivity contribution >= 4 is 23.9 Å². The molecule has 0 amide bonds. The molecule has 1 aliphatic rings. The van der Waals surface area contributed by atoms with Gasteiger partial charge in [-0.05, 0) is 36.1 Å². The summed E-state index contributed by atoms with van der Waals surface area (Å²) in [6.45, 7) is -0.885. The molecule has 20 nitrogen and oxygen atoms in total. The normalized spacial score (nSPS) is 19.4. The van der Waals surface area contributed by atoms with Crippen LogP contribution >= 0.6 is 0 Å². The first kappa shape index (κ1) is 42.5. The number of carbonyl (C=O) groups is 2. The van der Waals surface area contributed by atoms with Crippen LogP contribution in [0.1, 0.15) is 38.3 Å². The van der Waals surface area contributed by atoms with E-state index in [1.54, 1.807) is 0 Å². The van der Waals surface area contributed by atoms with Crippen molar-refractivity contribution < 1.29 is 68.6 Å². The molecule has 1 aliphatic heterocycles. The number of aryl methyl sites for hydroxylation is 1. The first-order valence-corrected chi connectivity index (χ1v) is 17.1. The van der Waals surface area contributed by atoms with Crippen LogP contribution in [0.5, 0.6) is 34.5 Å². The van der Waals surface area contributed by atoms with Crippen LogP contribution in [0, 0.1) is 0 Å². The standard InChI is InChI=1S/C36H46N6O14/c1-40-36(39)42-17-54-23-14-20(32(48)49)13-19(9-6-11-41-35(37)38)30(23)56-34-29(47)28(46)26(44)24(55-34)16-53-33(50)21-15-22(51-2)27(45)31(25(21)43)52-12-10-18-7-4-3-5-8-18/h3-5,7-8,13-15,24,26,28-29,34,43-47H,6,9-12,16-17H2,1-2H3,(H,48,49)(H4,37,38,41)(H3,39,40,42). The predicted octanol–water partition coefficient (Wildman–Crippen LogP) is -0.454. The highest BCUT2D eigenvalue weighted by Crippen LogP contribution is 2.46. The van der Waals surface area contributed by atoms with Crippen molar-refractivity contribution in [3.05, 3.63) is 70.8 Å². The lowest BCUT2D eigenvalue weighted by Gasteiger charge is -2.40. The number of nitrogens with two attached hydrogens (primary N) is 3. The van der Waals surface area contributed by atoms with Crippen molar-refractivity contribution in [1.82, 2.24) is 5.32 Å². The number of esters is 1. The number of aliphatic imine (C=N–C) groups is 2. The predicted molar refractivity (Wildman–Crippen MR) is 198 cm³/mol. The Balaban J connectivity index is 1.57. The van der Waals surface area contributed by atoms with Gasteiger partial charge in [-0.3, -0.25) is 9.98 Å². The number of hydrogen-bond acceptors (Lipinski definition) is 15. The summed E-state index contributed by atoms with van der Waals surface area (Å²) in [4.78, 5) is 33.0. The number of phenols is 2. The quantitative estimate of drug-likeness (QED) is 0.0256. The van der Waals surface area contributed by atoms with Crippen LogP contribution in [0.3, 0.4) is 0 Å². The fraction of sp³-hybridized carbons (Fsp3) is 0.389. The molecule has 5 unspecified atom stereocenters. The van der Waals surface area contributed by atoms with E-state index in [0.29, 0.717) is 12.8 Å². The first-order valence-electron chi connectivity index (χ1n) is 17.1. The SMILES string of the molecule is CN=C(N)NCOc1cc(C(=O)O)cc(CCCN=C(N)N)c1OC1OC(COC(=O)c2cc(OC)c(O)c(OCCc3ccccc3)c2O)C(O)C(O)C1O. The third-order valence-corrected chi connectivity index (χ3v) is 8.39. The molecule has 56 heavy (non-hydrogen) atoms. The molecular formula is C36H46N6O14. The monoisotopic (exact) mass is 786 g/mol. The number of carboxylic acids is 1. The third-order valence-electron chi connectivity index (χ3n) is 8.39. The van der Waals surface area contributed by atoms with Crippen molar-refractivity contribution in [2.75, 3.05) is 40.6 Å². The number of aromatic hydroxyl groups is 2. The maximum atomic E-state index is 13.3. The molecule has 3 aromatic rings. The van der Waals surface area contributed by atoms with Gasteiger partial charge in [-0.1, -0.05) is 30.3 Å². The molecule has 304 valence electrons. The molecule has 0 spiro atoms. The Bertz CT molecular complexity index is 1870. The third kappa shape index (κ3) is 10.9. The van der Waals surface area contributed by atoms with Crippen LogP contribution < -0.4 is 41.5 Å². The van der Waals surface area contributed by atoms with Gasteiger partial charge in [-0.15, -0.1) is 0 Å². The molecule has 1 saturated heterocycles. The number of nitrogens with zero attached hydrogens (tertiary/aromatic N) is 2. The summed E-state index contributed by atoms with van der Waals surface area (Å²) in [5, 5.41) is 66.6. The maximum Gasteiger partial charge on any atom is 0.342 e. The van der Waals surface area contributed by atoms with Crippen molar-refractivity contribution in [3.8, 4) is 34.5 Å². The van der Waals surface area contributed by atoms with Crippen LogP contribution in [0.15, 0.2) is 58.5 Å². The van der Waals surface area contributed by atoms with Gasteiger partial charge in [0.05, 0.1) is 19.3 Å². The number of aromatic carboxylic acids is 1. The van der Waals surface area contributed by atoms with E-state index in [2.05, 4.69) is 15.3 Å². The minimum absolute atomic E-state index is 0.00530. The Hall–Kier alpha value is -6.22. The number of phenolic OH excluding ortho intramolecular Hbond substituents is 2. The minimum Gasteiger partial charge on any atom is -0.504 e. The van der Waals surface area contributed by atoms with Crippen molar-refractivity contribution in [2.24, 2.45) is 27.2 Å². The van der Waals surface area contributed by atoms with Crippen molar-refractivity contribution in [2.45, 2.75) is 50.0 Å². The maximum absolute atomic E-state index is 13.3. The molecule has 0 radical (unpaired) electrons. The van der Waals surface area contributed by atoms with Crippen LogP contribution in [-0.4, -0.2) is 126 Å². The molecule has 0 aliphatic carbocycles. The molecule has 5 atom stereocenters. The average Bonchev–Trinajstić information content (AvgIpc) is 3.18. The van der Waals surface area contributed by atoms with Crippen LogP contribution in [0.4, 0.5) is 0 Å². The zero-order valence-corrected chi connectivity index (χ0v) is 30.5. The van der Waals surface area contributed by atoms with Gasteiger partial charge in [-0.25, -0.2) is 9.59 Å². The zero-order chi connectivity index (χ0) is 40.9. The Kier molecular flexibility index (Phi) is 15.1. The fourth-order valence-electron chi connectivity index (χ4n) is 5.44. The van der Waals surface area contributed by atoms with E-state index >= 15 is 0 Å². The highest BCUT2D eigenvalue weighted by molar-refractivity contribution is 5.95. The van der Waals surface area contributed by atoms with Crippen LogP contribution in [0.2, 0.25) is 0 Å². The molecule has 20 heteroatoms. The average molecular weight is 787 g/mol. The van der Waals surface area contributed by atoms with Crippen LogP contribution in [-0.2, 0) is 22.3 Å². The van der Waals surface area contributed by atoms with E-state index in [9.17, 15) is 40.2 Å². The highest BCUT2D eigenvalue weighted by Gasteiger charge is 2.46. The molecular weight excluding hydrogens is 740 g/mol. The lowest BCUT2D eigenvalue weighted by atomic mass is 9.99. The largest absolute Gasteiger partial charge is 0.504 e. The molecule has 1 fully saturated rings. The van der Waals surface area contributed by atoms with Gasteiger partial charge >= 0.3 is 11.9 Å². The van der Waals surface area contributed by atoms with Gasteiger partial charge < -0.3 is 81.6 Å². The van der Waals surface area contributed by atoms with E-state index in [1.807, 2.05) is 30.3 Å². The fourth-order valence-corrected chi connectivity index (χ4v) is 5.44. The first-order chi connectivity index (χ1) is 26.7. The van der Waals surface area contributed by atoms with E-state index < -0.39 is 72.1 Å². The zero-order valence-electron chi connectivity index (χ0n) is 30.5. The van der Waals surface area contributed by atoms with E-state index in [1.165, 1.54) is 20.2 Å². The van der Waals surface area contributed by atoms with Gasteiger partial charge in [0.15, 0.2) is 41.6 Å². The summed E-state index contributed by atoms with van der Waals surface area (Å²) >= 11 is 0. The summed E-state index contributed by atoms with van der Waals surface area (Å²) in [5.74, 6) is -4.84. The van der Waals surface area contributed by atoms with Crippen molar-refractivity contribution in [3.63, 3.8) is 0 Å². The second-order valence-electron chi connectivity index (χ2n) is 12.2. The second kappa shape index (κ2) is 19.9. The number of hydrogen-bond donors (Lipinski definition) is 10. The molecule has 13 N–H and O–H groups in total. The second-order valence-corrected chi connectivity index (χ2v) is 12.2. The molecule has 4 rings (SSSR count). The van der Waals surface area contributed by atoms with E-state index in [4.69, 9.17) is 45.6 Å². The van der Waals surface area contributed by atoms with E-state index in [-0.39, 0.29) is 66.6 Å². The van der Waals surface area contributed by atoms with Crippen LogP contribution in [0.25, 0.3) is 0 Å². The summed E-state index contributed by atoms with van der Waals surface area (Å²) < 4.78 is 33.7. The van der Waals surface area contributed by atoms with Gasteiger partial charge in [0.25, 0.3) is 0 Å². The van der Waals surface area contributed by atoms with Gasteiger partial charge in [0, 0.05) is 26.1 Å². The van der Waals surface area contributed by atoms with E-state index in [0.717, 1.165) is 17.7 Å². The summed E-state index contributed by atoms with van der Waals surface area (Å²) in [5.41, 5.74) is 17.0. The Morgan fingerprint density at radius 1 is 0.911 bits per heavy atom. The number of aliphatic hydroxyl groups excluding tert-OH is 3. The van der Waals surface area contributed by atoms with Gasteiger partial charge in [0.2, 0.25) is 17.8 Å². The van der Waals surface area contributed by atoms with Crippen molar-refractivity contribution in [1.29, 1.82) is 0 Å². The molecule has 0 saturated carbocycles. The van der Waals surface area contributed by atoms with Gasteiger partial charge in [-0.2, -0.15) is 0 Å². The number of aliphatic hydroxyl groups is 3. The van der Waals surface area contributed by atoms with Gasteiger partial charge in [0.1, 0.15) is 36.6 Å². The number of ether oxygens (including phenoxy) is 6. The lowest BCUT2D eigenvalue weighted by molar-refractivity contribution is -0.277. The lowest BCUT2D eigenvalue weighted by Crippen LogP contribution is -2.60. The smallest absolute Gasteiger partial charge is 0.342 e. The Morgan fingerprint density at radius 2 is 1.64 bits per heavy atom. The molecule has 3 aromatic carbocycles. The number of nitrogens with one attached hydrogen (secondary N) is 1. The number of guanidine groups is 2. The molecule has 1 heterocycles. The molecule has 0 aromatic heterocycles. The number of benzene rings is 3. The minimum atomic E-state index is -1.90. The number of rotatable bonds is 18. The Morgan fingerprint density at radius 3 is 2.30 bits per heavy atom. The molecule has 0 bridgehead atoms. The Labute approximate surface area is 320 Å². The topological polar surface area (TPSA) is 326 Å². The number of carbonyl (C=O) groups excluding carboxylic acids is 1. The highest BCUT2D eigenvalue weighted by atomic mass is 16.7. The number of methoxy groups -OCH3 is 1.